The molecule has 3 heterocycles. The van der Waals surface area contributed by atoms with E-state index >= 15 is 0 Å². The van der Waals surface area contributed by atoms with E-state index in [2.05, 4.69) is 0 Å². The van der Waals surface area contributed by atoms with Crippen LogP contribution in [0.3, 0.4) is 0 Å². The highest BCUT2D eigenvalue weighted by molar-refractivity contribution is 8.00. The summed E-state index contributed by atoms with van der Waals surface area (Å²) in [5.41, 5.74) is 7.16. The van der Waals surface area contributed by atoms with Gasteiger partial charge in [0, 0.05) is 23.6 Å². The van der Waals surface area contributed by atoms with Gasteiger partial charge in [0.25, 0.3) is 5.91 Å². The Bertz CT molecular complexity index is 1200. The first-order valence-electron chi connectivity index (χ1n) is 10.1. The minimum absolute atomic E-state index is 0.120. The van der Waals surface area contributed by atoms with E-state index in [1.165, 1.54) is 33.7 Å². The second-order valence-electron chi connectivity index (χ2n) is 7.65. The molecule has 11 nitrogen and oxygen atoms in total. The van der Waals surface area contributed by atoms with Gasteiger partial charge in [0.05, 0.1) is 5.56 Å². The molecule has 0 spiro atoms. The van der Waals surface area contributed by atoms with Gasteiger partial charge in [0.2, 0.25) is 5.91 Å². The van der Waals surface area contributed by atoms with Crippen LogP contribution >= 0.6 is 11.8 Å². The largest absolute Gasteiger partial charge is 0.490 e. The van der Waals surface area contributed by atoms with Crippen molar-refractivity contribution in [3.05, 3.63) is 52.7 Å². The third-order valence-corrected chi connectivity index (χ3v) is 6.71. The highest BCUT2D eigenvalue weighted by atomic mass is 32.2. The standard InChI is InChI=1S/C19H17N3O6S.C2HF3O2/c20-13-16(24)22-14(19(27)28)11(8-29-17(13)22)7-10-5-6-21(15(10)23)12-3-1-9(2-4-12)18(25)26;3-2(4,5)1(6)7/h1-4,7,13,17H,5-6,8,20H2,(H,25,26)(H,27,28);(H,6,7)/b10-7+;/t13-,17-;/m1./s1. The van der Waals surface area contributed by atoms with Crippen molar-refractivity contribution >= 4 is 47.2 Å². The van der Waals surface area contributed by atoms with Crippen molar-refractivity contribution in [1.29, 1.82) is 0 Å². The minimum Gasteiger partial charge on any atom is -0.478 e. The van der Waals surface area contributed by atoms with Crippen LogP contribution in [0.2, 0.25) is 0 Å². The normalized spacial score (nSPS) is 22.6. The fraction of sp³-hybridized carbons (Fsp3) is 0.286. The van der Waals surface area contributed by atoms with Crippen LogP contribution < -0.4 is 10.6 Å². The summed E-state index contributed by atoms with van der Waals surface area (Å²) in [6.45, 7) is 0.399. The van der Waals surface area contributed by atoms with Gasteiger partial charge in [0.15, 0.2) is 0 Å². The lowest BCUT2D eigenvalue weighted by Crippen LogP contribution is -2.68. The summed E-state index contributed by atoms with van der Waals surface area (Å²) in [7, 11) is 0. The zero-order valence-corrected chi connectivity index (χ0v) is 18.9. The number of benzene rings is 1. The van der Waals surface area contributed by atoms with Crippen LogP contribution in [-0.2, 0) is 19.2 Å². The molecule has 3 aliphatic rings. The lowest BCUT2D eigenvalue weighted by atomic mass is 10.0. The molecular formula is C21H18F3N3O8S. The first-order chi connectivity index (χ1) is 16.7. The number of alkyl halides is 3. The van der Waals surface area contributed by atoms with Crippen LogP contribution in [0.4, 0.5) is 18.9 Å². The van der Waals surface area contributed by atoms with Crippen molar-refractivity contribution < 1.29 is 52.5 Å². The molecule has 0 bridgehead atoms. The predicted octanol–water partition coefficient (Wildman–Crippen LogP) is 1.26. The summed E-state index contributed by atoms with van der Waals surface area (Å²) in [6.07, 6.45) is -3.12. The zero-order chi connectivity index (χ0) is 26.9. The molecule has 0 unspecified atom stereocenters. The molecule has 2 saturated heterocycles. The second kappa shape index (κ2) is 10.0. The SMILES string of the molecule is N[C@@H]1C(=O)N2C(C(=O)O)=C(/C=C3\CCN(c4ccc(C(=O)O)cc4)C3=O)CS[C@H]12.O=C(O)C(F)(F)F. The van der Waals surface area contributed by atoms with Crippen molar-refractivity contribution in [3.8, 4) is 0 Å². The molecule has 1 aromatic rings. The van der Waals surface area contributed by atoms with Crippen molar-refractivity contribution in [3.63, 3.8) is 0 Å². The van der Waals surface area contributed by atoms with Crippen LogP contribution in [0.1, 0.15) is 16.8 Å². The molecular weight excluding hydrogens is 511 g/mol. The molecule has 36 heavy (non-hydrogen) atoms. The number of aromatic carboxylic acids is 1. The molecule has 0 aromatic heterocycles. The Morgan fingerprint density at radius 3 is 2.14 bits per heavy atom. The van der Waals surface area contributed by atoms with Crippen LogP contribution in [0.15, 0.2) is 47.2 Å². The smallest absolute Gasteiger partial charge is 0.478 e. The quantitative estimate of drug-likeness (QED) is 0.328. The molecule has 5 N–H and O–H groups in total. The summed E-state index contributed by atoms with van der Waals surface area (Å²) in [5.74, 6) is -5.40. The van der Waals surface area contributed by atoms with E-state index in [1.54, 1.807) is 18.2 Å². The number of carboxylic acid groups (broad SMARTS) is 3. The number of anilines is 1. The molecule has 2 amide bonds. The molecule has 15 heteroatoms. The number of amides is 2. The third kappa shape index (κ3) is 5.21. The molecule has 4 rings (SSSR count). The summed E-state index contributed by atoms with van der Waals surface area (Å²) < 4.78 is 31.7. The monoisotopic (exact) mass is 529 g/mol. The molecule has 2 atom stereocenters. The lowest BCUT2D eigenvalue weighted by molar-refractivity contribution is -0.192. The van der Waals surface area contributed by atoms with Crippen LogP contribution in [-0.4, -0.2) is 79.8 Å². The average molecular weight is 529 g/mol. The second-order valence-corrected chi connectivity index (χ2v) is 8.75. The Balaban J connectivity index is 0.000000454. The van der Waals surface area contributed by atoms with Gasteiger partial charge < -0.3 is 26.0 Å². The fourth-order valence-electron chi connectivity index (χ4n) is 3.64. The first-order valence-corrected chi connectivity index (χ1v) is 11.1. The number of carbonyl (C=O) groups excluding carboxylic acids is 2. The number of β-lactam (4-membered cyclic amide) rings is 1. The Morgan fingerprint density at radius 2 is 1.64 bits per heavy atom. The van der Waals surface area contributed by atoms with E-state index < -0.39 is 36.0 Å². The van der Waals surface area contributed by atoms with Crippen molar-refractivity contribution in [2.24, 2.45) is 5.73 Å². The number of carboxylic acids is 3. The summed E-state index contributed by atoms with van der Waals surface area (Å²) in [6, 6.07) is 5.27. The van der Waals surface area contributed by atoms with Gasteiger partial charge in [-0.3, -0.25) is 14.5 Å². The van der Waals surface area contributed by atoms with Gasteiger partial charge in [-0.25, -0.2) is 14.4 Å². The van der Waals surface area contributed by atoms with Crippen molar-refractivity contribution in [1.82, 2.24) is 4.90 Å². The number of halogens is 3. The van der Waals surface area contributed by atoms with E-state index in [1.807, 2.05) is 0 Å². The molecule has 0 radical (unpaired) electrons. The van der Waals surface area contributed by atoms with E-state index in [0.29, 0.717) is 35.6 Å². The maximum Gasteiger partial charge on any atom is 0.490 e. The predicted molar refractivity (Wildman–Crippen MR) is 118 cm³/mol. The van der Waals surface area contributed by atoms with Crippen molar-refractivity contribution in [2.45, 2.75) is 24.0 Å². The first kappa shape index (κ1) is 26.7. The molecule has 0 aliphatic carbocycles. The summed E-state index contributed by atoms with van der Waals surface area (Å²) >= 11 is 1.37. The van der Waals surface area contributed by atoms with Gasteiger partial charge in [-0.1, -0.05) is 0 Å². The summed E-state index contributed by atoms with van der Waals surface area (Å²) in [5, 5.41) is 25.3. The highest BCUT2D eigenvalue weighted by Gasteiger charge is 2.51. The zero-order valence-electron chi connectivity index (χ0n) is 18.1. The molecule has 0 saturated carbocycles. The summed E-state index contributed by atoms with van der Waals surface area (Å²) in [4.78, 5) is 59.2. The van der Waals surface area contributed by atoms with E-state index in [0.717, 1.165) is 0 Å². The fourth-order valence-corrected chi connectivity index (χ4v) is 4.89. The molecule has 192 valence electrons. The maximum absolute atomic E-state index is 12.8. The molecule has 1 aromatic carbocycles. The van der Waals surface area contributed by atoms with Crippen LogP contribution in [0, 0.1) is 0 Å². The number of aliphatic carboxylic acids is 2. The van der Waals surface area contributed by atoms with Gasteiger partial charge in [-0.15, -0.1) is 11.8 Å². The highest BCUT2D eigenvalue weighted by Crippen LogP contribution is 2.40. The van der Waals surface area contributed by atoms with Crippen LogP contribution in [0.25, 0.3) is 0 Å². The Morgan fingerprint density at radius 1 is 1.06 bits per heavy atom. The van der Waals surface area contributed by atoms with Gasteiger partial charge >= 0.3 is 24.1 Å². The number of nitrogens with zero attached hydrogens (tertiary/aromatic N) is 2. The van der Waals surface area contributed by atoms with E-state index in [9.17, 15) is 37.5 Å². The lowest BCUT2D eigenvalue weighted by Gasteiger charge is -2.47. The molecule has 3 aliphatic heterocycles. The van der Waals surface area contributed by atoms with E-state index in [4.69, 9.17) is 20.7 Å². The van der Waals surface area contributed by atoms with Gasteiger partial charge in [-0.2, -0.15) is 13.2 Å². The number of allylic oxidation sites excluding steroid dienone is 1. The van der Waals surface area contributed by atoms with Crippen LogP contribution in [0.5, 0.6) is 0 Å². The average Bonchev–Trinajstić information content (AvgIpc) is 3.17. The number of hydrogen-bond acceptors (Lipinski definition) is 7. The van der Waals surface area contributed by atoms with Gasteiger partial charge in [0.1, 0.15) is 17.1 Å². The number of thioether (sulfide) groups is 1. The number of fused-ring (bicyclic) bond motifs is 1. The Kier molecular flexibility index (Phi) is 7.45. The Labute approximate surface area is 204 Å². The number of carbonyl (C=O) groups is 5. The van der Waals surface area contributed by atoms with Crippen molar-refractivity contribution in [2.75, 3.05) is 17.2 Å². The Hall–Kier alpha value is -3.85. The minimum atomic E-state index is -5.08. The maximum atomic E-state index is 12.8. The molecule has 2 fully saturated rings. The number of nitrogens with two attached hydrogens (primary N) is 1. The van der Waals surface area contributed by atoms with E-state index in [-0.39, 0.29) is 22.5 Å². The third-order valence-electron chi connectivity index (χ3n) is 5.38. The number of rotatable bonds is 4. The van der Waals surface area contributed by atoms with Gasteiger partial charge in [-0.05, 0) is 42.3 Å². The topological polar surface area (TPSA) is 179 Å². The number of hydrogen-bond donors (Lipinski definition) is 4.